The van der Waals surface area contributed by atoms with Crippen molar-refractivity contribution in [3.63, 3.8) is 0 Å². The number of nitrogens with one attached hydrogen (secondary N) is 1. The van der Waals surface area contributed by atoms with Crippen molar-refractivity contribution >= 4 is 11.0 Å². The molecule has 0 bridgehead atoms. The predicted octanol–water partition coefficient (Wildman–Crippen LogP) is 1.13. The van der Waals surface area contributed by atoms with Gasteiger partial charge in [-0.05, 0) is 38.1 Å². The standard InChI is InChI=1S/C13H18N4O/c18-9-8-17-6-3-10(4-7-17)12-11-2-1-5-14-13(11)16-15-12/h1-2,5,10,18H,3-4,6-9H2,(H,14,15,16). The number of hydrogen-bond donors (Lipinski definition) is 2. The molecular weight excluding hydrogens is 228 g/mol. The van der Waals surface area contributed by atoms with Gasteiger partial charge in [0.1, 0.15) is 0 Å². The van der Waals surface area contributed by atoms with Crippen LogP contribution in [0.5, 0.6) is 0 Å². The van der Waals surface area contributed by atoms with Gasteiger partial charge in [-0.2, -0.15) is 5.10 Å². The third-order valence-electron chi connectivity index (χ3n) is 3.77. The maximum Gasteiger partial charge on any atom is 0.181 e. The molecule has 0 aromatic carbocycles. The van der Waals surface area contributed by atoms with E-state index in [4.69, 9.17) is 5.11 Å². The fourth-order valence-corrected chi connectivity index (χ4v) is 2.77. The van der Waals surface area contributed by atoms with Gasteiger partial charge in [-0.25, -0.2) is 4.98 Å². The zero-order valence-electron chi connectivity index (χ0n) is 10.3. The maximum atomic E-state index is 8.94. The normalized spacial score (nSPS) is 18.5. The molecule has 1 aliphatic heterocycles. The monoisotopic (exact) mass is 246 g/mol. The summed E-state index contributed by atoms with van der Waals surface area (Å²) in [6.07, 6.45) is 4.01. The first kappa shape index (κ1) is 11.6. The lowest BCUT2D eigenvalue weighted by Gasteiger charge is -2.30. The molecule has 0 spiro atoms. The Morgan fingerprint density at radius 1 is 1.39 bits per heavy atom. The van der Waals surface area contributed by atoms with Gasteiger partial charge in [0.15, 0.2) is 5.65 Å². The highest BCUT2D eigenvalue weighted by molar-refractivity contribution is 5.77. The summed E-state index contributed by atoms with van der Waals surface area (Å²) in [5.41, 5.74) is 2.03. The number of aromatic nitrogens is 3. The van der Waals surface area contributed by atoms with Crippen LogP contribution in [0.1, 0.15) is 24.5 Å². The molecule has 5 nitrogen and oxygen atoms in total. The first-order valence-electron chi connectivity index (χ1n) is 6.50. The van der Waals surface area contributed by atoms with E-state index >= 15 is 0 Å². The number of H-pyrrole nitrogens is 1. The Morgan fingerprint density at radius 3 is 3.00 bits per heavy atom. The molecule has 0 amide bonds. The van der Waals surface area contributed by atoms with Crippen LogP contribution in [0.4, 0.5) is 0 Å². The second kappa shape index (κ2) is 5.04. The zero-order valence-corrected chi connectivity index (χ0v) is 10.3. The van der Waals surface area contributed by atoms with Crippen LogP contribution in [-0.2, 0) is 0 Å². The largest absolute Gasteiger partial charge is 0.395 e. The molecule has 1 fully saturated rings. The van der Waals surface area contributed by atoms with E-state index in [1.165, 1.54) is 5.69 Å². The van der Waals surface area contributed by atoms with Gasteiger partial charge in [0, 0.05) is 29.7 Å². The van der Waals surface area contributed by atoms with Crippen molar-refractivity contribution in [2.45, 2.75) is 18.8 Å². The molecule has 2 aromatic rings. The lowest BCUT2D eigenvalue weighted by molar-refractivity contribution is 0.164. The summed E-state index contributed by atoms with van der Waals surface area (Å²) in [4.78, 5) is 6.57. The Bertz CT molecular complexity index is 516. The third-order valence-corrected chi connectivity index (χ3v) is 3.77. The van der Waals surface area contributed by atoms with Gasteiger partial charge in [0.25, 0.3) is 0 Å². The Morgan fingerprint density at radius 2 is 2.22 bits per heavy atom. The summed E-state index contributed by atoms with van der Waals surface area (Å²) in [5.74, 6) is 0.536. The highest BCUT2D eigenvalue weighted by Gasteiger charge is 2.23. The number of hydrogen-bond acceptors (Lipinski definition) is 4. The number of nitrogens with zero attached hydrogens (tertiary/aromatic N) is 3. The first-order valence-corrected chi connectivity index (χ1v) is 6.50. The lowest BCUT2D eigenvalue weighted by atomic mass is 9.92. The molecule has 1 saturated heterocycles. The van der Waals surface area contributed by atoms with Crippen LogP contribution >= 0.6 is 0 Å². The van der Waals surface area contributed by atoms with Crippen molar-refractivity contribution in [2.24, 2.45) is 0 Å². The predicted molar refractivity (Wildman–Crippen MR) is 69.4 cm³/mol. The number of likely N-dealkylation sites (tertiary alicyclic amines) is 1. The van der Waals surface area contributed by atoms with Crippen molar-refractivity contribution in [1.29, 1.82) is 0 Å². The van der Waals surface area contributed by atoms with Gasteiger partial charge in [0.2, 0.25) is 0 Å². The number of piperidine rings is 1. The molecule has 0 aliphatic carbocycles. The van der Waals surface area contributed by atoms with Crippen molar-refractivity contribution in [3.05, 3.63) is 24.0 Å². The topological polar surface area (TPSA) is 65.0 Å². The summed E-state index contributed by atoms with van der Waals surface area (Å²) in [5, 5.41) is 17.5. The number of aliphatic hydroxyl groups is 1. The zero-order chi connectivity index (χ0) is 12.4. The van der Waals surface area contributed by atoms with Gasteiger partial charge in [-0.1, -0.05) is 0 Å². The minimum atomic E-state index is 0.252. The van der Waals surface area contributed by atoms with Gasteiger partial charge < -0.3 is 10.0 Å². The van der Waals surface area contributed by atoms with Crippen LogP contribution in [0.15, 0.2) is 18.3 Å². The van der Waals surface area contributed by atoms with E-state index in [-0.39, 0.29) is 6.61 Å². The van der Waals surface area contributed by atoms with E-state index in [9.17, 15) is 0 Å². The highest BCUT2D eigenvalue weighted by Crippen LogP contribution is 2.30. The van der Waals surface area contributed by atoms with E-state index in [0.29, 0.717) is 5.92 Å². The quantitative estimate of drug-likeness (QED) is 0.852. The van der Waals surface area contributed by atoms with Crippen LogP contribution < -0.4 is 0 Å². The molecule has 18 heavy (non-hydrogen) atoms. The van der Waals surface area contributed by atoms with Gasteiger partial charge in [0.05, 0.1) is 6.61 Å². The number of pyridine rings is 1. The molecule has 2 aromatic heterocycles. The Labute approximate surface area is 106 Å². The molecule has 0 radical (unpaired) electrons. The van der Waals surface area contributed by atoms with Crippen LogP contribution in [0.25, 0.3) is 11.0 Å². The first-order chi connectivity index (χ1) is 8.88. The maximum absolute atomic E-state index is 8.94. The van der Waals surface area contributed by atoms with E-state index in [2.05, 4.69) is 26.1 Å². The molecule has 3 rings (SSSR count). The SMILES string of the molecule is OCCN1CCC(c2[nH]nc3ncccc23)CC1. The summed E-state index contributed by atoms with van der Waals surface area (Å²) in [6, 6.07) is 4.05. The van der Waals surface area contributed by atoms with Crippen LogP contribution in [0, 0.1) is 0 Å². The van der Waals surface area contributed by atoms with E-state index in [0.717, 1.165) is 43.5 Å². The number of β-amino-alcohol motifs (C(OH)–C–C–N with tert-alkyl or cyclic N) is 1. The number of aliphatic hydroxyl groups excluding tert-OH is 1. The third kappa shape index (κ3) is 2.11. The second-order valence-electron chi connectivity index (χ2n) is 4.85. The molecule has 0 atom stereocenters. The van der Waals surface area contributed by atoms with Gasteiger partial charge in [-0.3, -0.25) is 5.10 Å². The average molecular weight is 246 g/mol. The fourth-order valence-electron chi connectivity index (χ4n) is 2.77. The number of fused-ring (bicyclic) bond motifs is 1. The molecule has 0 unspecified atom stereocenters. The molecular formula is C13H18N4O. The van der Waals surface area contributed by atoms with E-state index in [1.807, 2.05) is 6.07 Å². The molecule has 2 N–H and O–H groups in total. The van der Waals surface area contributed by atoms with Gasteiger partial charge in [-0.15, -0.1) is 0 Å². The summed E-state index contributed by atoms with van der Waals surface area (Å²) >= 11 is 0. The molecule has 0 saturated carbocycles. The average Bonchev–Trinajstić information content (AvgIpc) is 2.84. The molecule has 3 heterocycles. The lowest BCUT2D eigenvalue weighted by Crippen LogP contribution is -2.35. The van der Waals surface area contributed by atoms with Crippen LogP contribution in [-0.4, -0.2) is 51.4 Å². The summed E-state index contributed by atoms with van der Waals surface area (Å²) < 4.78 is 0. The molecule has 96 valence electrons. The molecule has 5 heteroatoms. The number of aromatic amines is 1. The van der Waals surface area contributed by atoms with Crippen molar-refractivity contribution in [1.82, 2.24) is 20.1 Å². The second-order valence-corrected chi connectivity index (χ2v) is 4.85. The minimum Gasteiger partial charge on any atom is -0.395 e. The smallest absolute Gasteiger partial charge is 0.181 e. The molecule has 1 aliphatic rings. The van der Waals surface area contributed by atoms with Crippen LogP contribution in [0.2, 0.25) is 0 Å². The van der Waals surface area contributed by atoms with E-state index in [1.54, 1.807) is 6.20 Å². The Balaban J connectivity index is 1.76. The van der Waals surface area contributed by atoms with Crippen molar-refractivity contribution in [3.8, 4) is 0 Å². The van der Waals surface area contributed by atoms with Crippen molar-refractivity contribution in [2.75, 3.05) is 26.2 Å². The number of rotatable bonds is 3. The van der Waals surface area contributed by atoms with E-state index < -0.39 is 0 Å². The minimum absolute atomic E-state index is 0.252. The fraction of sp³-hybridized carbons (Fsp3) is 0.538. The summed E-state index contributed by atoms with van der Waals surface area (Å²) in [6.45, 7) is 3.14. The van der Waals surface area contributed by atoms with Crippen LogP contribution in [0.3, 0.4) is 0 Å². The Hall–Kier alpha value is -1.46. The summed E-state index contributed by atoms with van der Waals surface area (Å²) in [7, 11) is 0. The Kier molecular flexibility index (Phi) is 3.25. The van der Waals surface area contributed by atoms with Gasteiger partial charge >= 0.3 is 0 Å². The van der Waals surface area contributed by atoms with Crippen molar-refractivity contribution < 1.29 is 5.11 Å². The highest BCUT2D eigenvalue weighted by atomic mass is 16.3.